The molecule has 5 heteroatoms. The van der Waals surface area contributed by atoms with Gasteiger partial charge in [0.25, 0.3) is 0 Å². The van der Waals surface area contributed by atoms with Gasteiger partial charge in [-0.15, -0.1) is 11.3 Å². The largest absolute Gasteiger partial charge is 0.491 e. The number of amides is 1. The molecule has 1 amide bonds. The summed E-state index contributed by atoms with van der Waals surface area (Å²) in [6, 6.07) is 24.1. The lowest BCUT2D eigenvalue weighted by atomic mass is 10.1. The normalized spacial score (nSPS) is 10.7. The predicted octanol–water partition coefficient (Wildman–Crippen LogP) is 4.70. The maximum Gasteiger partial charge on any atom is 0.226 e. The summed E-state index contributed by atoms with van der Waals surface area (Å²) in [5.74, 6) is 0.783. The van der Waals surface area contributed by atoms with Gasteiger partial charge in [-0.2, -0.15) is 0 Å². The molecule has 0 aliphatic carbocycles. The summed E-state index contributed by atoms with van der Waals surface area (Å²) in [6.07, 6.45) is 0.275. The van der Waals surface area contributed by atoms with Gasteiger partial charge in [0, 0.05) is 16.3 Å². The number of aromatic nitrogens is 1. The molecule has 0 aliphatic heterocycles. The van der Waals surface area contributed by atoms with E-state index in [1.807, 2.05) is 66.0 Å². The number of nitrogens with zero attached hydrogens (tertiary/aromatic N) is 1. The number of ether oxygens (including phenoxy) is 1. The van der Waals surface area contributed by atoms with Crippen LogP contribution in [0.2, 0.25) is 0 Å². The third kappa shape index (κ3) is 4.38. The van der Waals surface area contributed by atoms with E-state index in [9.17, 15) is 4.79 Å². The number of benzene rings is 3. The topological polar surface area (TPSA) is 51.2 Å². The van der Waals surface area contributed by atoms with E-state index in [-0.39, 0.29) is 12.3 Å². The molecule has 140 valence electrons. The summed E-state index contributed by atoms with van der Waals surface area (Å²) < 4.78 is 5.85. The summed E-state index contributed by atoms with van der Waals surface area (Å²) in [4.78, 5) is 16.7. The highest BCUT2D eigenvalue weighted by Crippen LogP contribution is 2.25. The Morgan fingerprint density at radius 2 is 1.75 bits per heavy atom. The van der Waals surface area contributed by atoms with Crippen LogP contribution in [0.25, 0.3) is 21.3 Å². The van der Waals surface area contributed by atoms with Crippen LogP contribution in [0.4, 0.5) is 0 Å². The smallest absolute Gasteiger partial charge is 0.226 e. The molecule has 3 aromatic carbocycles. The molecule has 0 atom stereocenters. The maximum absolute atomic E-state index is 12.2. The Balaban J connectivity index is 1.27. The van der Waals surface area contributed by atoms with Crippen molar-refractivity contribution in [2.45, 2.75) is 6.42 Å². The molecule has 0 saturated heterocycles. The van der Waals surface area contributed by atoms with Crippen molar-refractivity contribution in [3.05, 3.63) is 83.9 Å². The van der Waals surface area contributed by atoms with Gasteiger partial charge >= 0.3 is 0 Å². The molecule has 4 aromatic rings. The predicted molar refractivity (Wildman–Crippen MR) is 114 cm³/mol. The van der Waals surface area contributed by atoms with Crippen molar-refractivity contribution in [1.29, 1.82) is 0 Å². The zero-order chi connectivity index (χ0) is 19.2. The minimum Gasteiger partial charge on any atom is -0.491 e. The molecule has 0 bridgehead atoms. The van der Waals surface area contributed by atoms with E-state index in [0.29, 0.717) is 13.2 Å². The lowest BCUT2D eigenvalue weighted by molar-refractivity contribution is -0.120. The monoisotopic (exact) mass is 388 g/mol. The Morgan fingerprint density at radius 1 is 0.964 bits per heavy atom. The maximum atomic E-state index is 12.2. The van der Waals surface area contributed by atoms with Crippen LogP contribution in [-0.4, -0.2) is 24.0 Å². The summed E-state index contributed by atoms with van der Waals surface area (Å²) in [7, 11) is 0. The molecule has 0 unspecified atom stereocenters. The van der Waals surface area contributed by atoms with Crippen molar-refractivity contribution in [1.82, 2.24) is 10.3 Å². The zero-order valence-corrected chi connectivity index (χ0v) is 16.1. The van der Waals surface area contributed by atoms with Gasteiger partial charge in [-0.25, -0.2) is 4.98 Å². The zero-order valence-electron chi connectivity index (χ0n) is 15.3. The van der Waals surface area contributed by atoms with Crippen LogP contribution in [-0.2, 0) is 11.2 Å². The molecule has 1 aromatic heterocycles. The van der Waals surface area contributed by atoms with E-state index in [2.05, 4.69) is 22.4 Å². The first kappa shape index (κ1) is 18.2. The van der Waals surface area contributed by atoms with Crippen LogP contribution in [0.5, 0.6) is 5.75 Å². The molecular weight excluding hydrogens is 368 g/mol. The molecule has 1 heterocycles. The van der Waals surface area contributed by atoms with Crippen LogP contribution in [0.15, 0.2) is 78.2 Å². The summed E-state index contributed by atoms with van der Waals surface area (Å²) >= 11 is 1.56. The average Bonchev–Trinajstić information content (AvgIpc) is 3.20. The number of carbonyl (C=O) groups is 1. The van der Waals surface area contributed by atoms with E-state index in [1.54, 1.807) is 11.3 Å². The Hall–Kier alpha value is -3.18. The Bertz CT molecular complexity index is 1070. The number of nitrogens with one attached hydrogen (secondary N) is 1. The SMILES string of the molecule is O=C(Cc1csc(-c2ccccc2)n1)NCCOc1cccc2ccccc12. The highest BCUT2D eigenvalue weighted by Gasteiger charge is 2.09. The Morgan fingerprint density at radius 3 is 2.64 bits per heavy atom. The molecule has 4 nitrogen and oxygen atoms in total. The number of hydrogen-bond acceptors (Lipinski definition) is 4. The molecular formula is C23H20N2O2S. The number of carbonyl (C=O) groups excluding carboxylic acids is 1. The van der Waals surface area contributed by atoms with Crippen LogP contribution in [0, 0.1) is 0 Å². The highest BCUT2D eigenvalue weighted by molar-refractivity contribution is 7.13. The first-order valence-corrected chi connectivity index (χ1v) is 10.0. The van der Waals surface area contributed by atoms with E-state index in [4.69, 9.17) is 4.74 Å². The van der Waals surface area contributed by atoms with Crippen molar-refractivity contribution in [3.63, 3.8) is 0 Å². The van der Waals surface area contributed by atoms with Gasteiger partial charge in [-0.05, 0) is 11.5 Å². The van der Waals surface area contributed by atoms with Gasteiger partial charge in [0.1, 0.15) is 17.4 Å². The second kappa shape index (κ2) is 8.67. The van der Waals surface area contributed by atoms with Crippen molar-refractivity contribution < 1.29 is 9.53 Å². The van der Waals surface area contributed by atoms with Crippen LogP contribution in [0.3, 0.4) is 0 Å². The van der Waals surface area contributed by atoms with Gasteiger partial charge in [0.2, 0.25) is 5.91 Å². The van der Waals surface area contributed by atoms with Crippen LogP contribution >= 0.6 is 11.3 Å². The summed E-state index contributed by atoms with van der Waals surface area (Å²) in [5.41, 5.74) is 1.86. The van der Waals surface area contributed by atoms with Crippen molar-refractivity contribution in [2.24, 2.45) is 0 Å². The number of hydrogen-bond donors (Lipinski definition) is 1. The molecule has 0 aliphatic rings. The van der Waals surface area contributed by atoms with E-state index < -0.39 is 0 Å². The quantitative estimate of drug-likeness (QED) is 0.467. The Kier molecular flexibility index (Phi) is 5.64. The third-order valence-electron chi connectivity index (χ3n) is 4.35. The number of thiazole rings is 1. The van der Waals surface area contributed by atoms with Crippen molar-refractivity contribution in [3.8, 4) is 16.3 Å². The van der Waals surface area contributed by atoms with Crippen LogP contribution < -0.4 is 10.1 Å². The van der Waals surface area contributed by atoms with E-state index in [0.717, 1.165) is 32.8 Å². The molecule has 4 rings (SSSR count). The Labute approximate surface area is 167 Å². The number of fused-ring (bicyclic) bond motifs is 1. The van der Waals surface area contributed by atoms with Crippen molar-refractivity contribution >= 4 is 28.0 Å². The fourth-order valence-corrected chi connectivity index (χ4v) is 3.83. The van der Waals surface area contributed by atoms with Crippen LogP contribution in [0.1, 0.15) is 5.69 Å². The standard InChI is InChI=1S/C23H20N2O2S/c26-22(15-19-16-28-23(25-19)18-8-2-1-3-9-18)24-13-14-27-21-12-6-10-17-7-4-5-11-20(17)21/h1-12,16H,13-15H2,(H,24,26). The van der Waals surface area contributed by atoms with Crippen molar-refractivity contribution in [2.75, 3.05) is 13.2 Å². The highest BCUT2D eigenvalue weighted by atomic mass is 32.1. The first-order chi connectivity index (χ1) is 13.8. The fraction of sp³-hybridized carbons (Fsp3) is 0.130. The van der Waals surface area contributed by atoms with E-state index in [1.165, 1.54) is 0 Å². The number of rotatable bonds is 7. The van der Waals surface area contributed by atoms with E-state index >= 15 is 0 Å². The summed E-state index contributed by atoms with van der Waals surface area (Å²) in [6.45, 7) is 0.879. The van der Waals surface area contributed by atoms with Gasteiger partial charge in [0.15, 0.2) is 0 Å². The second-order valence-electron chi connectivity index (χ2n) is 6.36. The summed E-state index contributed by atoms with van der Waals surface area (Å²) in [5, 5.41) is 7.99. The third-order valence-corrected chi connectivity index (χ3v) is 5.29. The minimum absolute atomic E-state index is 0.0496. The van der Waals surface area contributed by atoms with Gasteiger partial charge in [-0.3, -0.25) is 4.79 Å². The van der Waals surface area contributed by atoms with Gasteiger partial charge < -0.3 is 10.1 Å². The molecule has 1 N–H and O–H groups in total. The molecule has 28 heavy (non-hydrogen) atoms. The minimum atomic E-state index is -0.0496. The average molecular weight is 388 g/mol. The lowest BCUT2D eigenvalue weighted by Gasteiger charge is -2.10. The molecule has 0 radical (unpaired) electrons. The molecule has 0 saturated carbocycles. The second-order valence-corrected chi connectivity index (χ2v) is 7.22. The first-order valence-electron chi connectivity index (χ1n) is 9.17. The van der Waals surface area contributed by atoms with Gasteiger partial charge in [0.05, 0.1) is 18.7 Å². The van der Waals surface area contributed by atoms with Gasteiger partial charge in [-0.1, -0.05) is 66.7 Å². The molecule has 0 fully saturated rings. The lowest BCUT2D eigenvalue weighted by Crippen LogP contribution is -2.29. The molecule has 0 spiro atoms. The fourth-order valence-electron chi connectivity index (χ4n) is 3.00.